The van der Waals surface area contributed by atoms with Crippen LogP contribution in [0.15, 0.2) is 36.9 Å². The number of nitrogen functional groups attached to an aromatic ring is 1. The van der Waals surface area contributed by atoms with Crippen LogP contribution < -0.4 is 5.73 Å². The van der Waals surface area contributed by atoms with E-state index >= 15 is 0 Å². The summed E-state index contributed by atoms with van der Waals surface area (Å²) < 4.78 is 1.82. The molecule has 2 aromatic rings. The van der Waals surface area contributed by atoms with Crippen LogP contribution in [0.5, 0.6) is 0 Å². The number of anilines is 1. The molecule has 66 valence electrons. The molecule has 0 radical (unpaired) electrons. The van der Waals surface area contributed by atoms with Gasteiger partial charge in [0.25, 0.3) is 0 Å². The Hall–Kier alpha value is -1.48. The molecule has 4 heteroatoms. The quantitative estimate of drug-likeness (QED) is 0.705. The van der Waals surface area contributed by atoms with Crippen LogP contribution >= 0.6 is 11.6 Å². The van der Waals surface area contributed by atoms with E-state index in [1.54, 1.807) is 30.7 Å². The fourth-order valence-electron chi connectivity index (χ4n) is 1.14. The van der Waals surface area contributed by atoms with Gasteiger partial charge in [0.05, 0.1) is 17.7 Å². The molecule has 13 heavy (non-hydrogen) atoms. The van der Waals surface area contributed by atoms with Crippen molar-refractivity contribution in [1.82, 2.24) is 9.55 Å². The third-order valence-corrected chi connectivity index (χ3v) is 2.01. The smallest absolute Gasteiger partial charge is 0.0992 e. The van der Waals surface area contributed by atoms with Crippen molar-refractivity contribution >= 4 is 17.3 Å². The first kappa shape index (κ1) is 8.13. The molecule has 1 aromatic heterocycles. The molecule has 0 saturated carbocycles. The second-order valence-electron chi connectivity index (χ2n) is 2.67. The fraction of sp³-hybridized carbons (Fsp3) is 0. The predicted octanol–water partition coefficient (Wildman–Crippen LogP) is 2.11. The van der Waals surface area contributed by atoms with Crippen molar-refractivity contribution in [3.8, 4) is 5.69 Å². The summed E-state index contributed by atoms with van der Waals surface area (Å²) in [6.07, 6.45) is 5.20. The predicted molar refractivity (Wildman–Crippen MR) is 53.0 cm³/mol. The maximum absolute atomic E-state index is 5.84. The average Bonchev–Trinajstić information content (AvgIpc) is 2.61. The summed E-state index contributed by atoms with van der Waals surface area (Å²) in [7, 11) is 0. The van der Waals surface area contributed by atoms with Crippen LogP contribution in [-0.4, -0.2) is 9.55 Å². The Labute approximate surface area is 80.8 Å². The zero-order chi connectivity index (χ0) is 9.26. The number of benzene rings is 1. The zero-order valence-corrected chi connectivity index (χ0v) is 7.57. The summed E-state index contributed by atoms with van der Waals surface area (Å²) in [6, 6.07) is 5.34. The van der Waals surface area contributed by atoms with Gasteiger partial charge in [0.2, 0.25) is 0 Å². The SMILES string of the molecule is Nc1ccc(Cl)cc1-n1ccnc1. The lowest BCUT2D eigenvalue weighted by Crippen LogP contribution is -1.96. The minimum Gasteiger partial charge on any atom is -0.397 e. The molecule has 3 nitrogen and oxygen atoms in total. The molecule has 2 rings (SSSR count). The molecule has 0 saturated heterocycles. The highest BCUT2D eigenvalue weighted by molar-refractivity contribution is 6.30. The van der Waals surface area contributed by atoms with Crippen molar-refractivity contribution < 1.29 is 0 Å². The van der Waals surface area contributed by atoms with E-state index in [0.29, 0.717) is 10.7 Å². The molecule has 0 fully saturated rings. The number of rotatable bonds is 1. The third kappa shape index (κ3) is 1.51. The average molecular weight is 194 g/mol. The molecule has 1 aromatic carbocycles. The van der Waals surface area contributed by atoms with Crippen molar-refractivity contribution in [3.05, 3.63) is 41.9 Å². The Morgan fingerprint density at radius 3 is 2.92 bits per heavy atom. The number of hydrogen-bond donors (Lipinski definition) is 1. The van der Waals surface area contributed by atoms with Gasteiger partial charge in [0.15, 0.2) is 0 Å². The molecular weight excluding hydrogens is 186 g/mol. The van der Waals surface area contributed by atoms with Crippen LogP contribution in [0.3, 0.4) is 0 Å². The monoisotopic (exact) mass is 193 g/mol. The lowest BCUT2D eigenvalue weighted by Gasteiger charge is -2.05. The Balaban J connectivity index is 2.57. The molecule has 0 aliphatic carbocycles. The van der Waals surface area contributed by atoms with Crippen LogP contribution in [0.2, 0.25) is 5.02 Å². The fourth-order valence-corrected chi connectivity index (χ4v) is 1.31. The van der Waals surface area contributed by atoms with Crippen LogP contribution in [-0.2, 0) is 0 Å². The molecule has 0 aliphatic heterocycles. The van der Waals surface area contributed by atoms with E-state index in [1.807, 2.05) is 10.8 Å². The summed E-state index contributed by atoms with van der Waals surface area (Å²) in [5.41, 5.74) is 7.31. The first-order valence-electron chi connectivity index (χ1n) is 3.81. The van der Waals surface area contributed by atoms with Crippen molar-refractivity contribution in [2.24, 2.45) is 0 Å². The first-order chi connectivity index (χ1) is 6.27. The Bertz CT molecular complexity index is 409. The van der Waals surface area contributed by atoms with Crippen LogP contribution in [0.1, 0.15) is 0 Å². The summed E-state index contributed by atoms with van der Waals surface area (Å²) in [4.78, 5) is 3.93. The van der Waals surface area contributed by atoms with Gasteiger partial charge in [-0.25, -0.2) is 4.98 Å². The minimum atomic E-state index is 0.665. The van der Waals surface area contributed by atoms with Gasteiger partial charge in [-0.15, -0.1) is 0 Å². The van der Waals surface area contributed by atoms with E-state index in [-0.39, 0.29) is 0 Å². The Kier molecular flexibility index (Phi) is 1.94. The summed E-state index contributed by atoms with van der Waals surface area (Å²) >= 11 is 5.84. The highest BCUT2D eigenvalue weighted by atomic mass is 35.5. The third-order valence-electron chi connectivity index (χ3n) is 1.78. The van der Waals surface area contributed by atoms with Gasteiger partial charge < -0.3 is 10.3 Å². The first-order valence-corrected chi connectivity index (χ1v) is 4.18. The van der Waals surface area contributed by atoms with Crippen molar-refractivity contribution in [2.45, 2.75) is 0 Å². The van der Waals surface area contributed by atoms with E-state index in [1.165, 1.54) is 0 Å². The van der Waals surface area contributed by atoms with Crippen molar-refractivity contribution in [1.29, 1.82) is 0 Å². The number of nitrogens with zero attached hydrogens (tertiary/aromatic N) is 2. The topological polar surface area (TPSA) is 43.8 Å². The zero-order valence-electron chi connectivity index (χ0n) is 6.81. The molecule has 0 aliphatic rings. The van der Waals surface area contributed by atoms with E-state index in [4.69, 9.17) is 17.3 Å². The molecule has 0 spiro atoms. The van der Waals surface area contributed by atoms with Gasteiger partial charge in [-0.1, -0.05) is 11.6 Å². The van der Waals surface area contributed by atoms with Crippen LogP contribution in [0, 0.1) is 0 Å². The maximum Gasteiger partial charge on any atom is 0.0992 e. The van der Waals surface area contributed by atoms with Crippen molar-refractivity contribution in [3.63, 3.8) is 0 Å². The number of hydrogen-bond acceptors (Lipinski definition) is 2. The number of halogens is 1. The minimum absolute atomic E-state index is 0.665. The largest absolute Gasteiger partial charge is 0.397 e. The lowest BCUT2D eigenvalue weighted by atomic mass is 10.2. The second kappa shape index (κ2) is 3.11. The van der Waals surface area contributed by atoms with Gasteiger partial charge in [-0.2, -0.15) is 0 Å². The van der Waals surface area contributed by atoms with Gasteiger partial charge in [-0.05, 0) is 18.2 Å². The normalized spacial score (nSPS) is 10.2. The molecular formula is C9H8ClN3. The number of nitrogens with two attached hydrogens (primary N) is 1. The van der Waals surface area contributed by atoms with E-state index in [2.05, 4.69) is 4.98 Å². The maximum atomic E-state index is 5.84. The van der Waals surface area contributed by atoms with Gasteiger partial charge >= 0.3 is 0 Å². The molecule has 0 bridgehead atoms. The van der Waals surface area contributed by atoms with E-state index in [9.17, 15) is 0 Å². The number of imidazole rings is 1. The van der Waals surface area contributed by atoms with Gasteiger partial charge in [0.1, 0.15) is 0 Å². The molecule has 0 amide bonds. The summed E-state index contributed by atoms with van der Waals surface area (Å²) in [6.45, 7) is 0. The van der Waals surface area contributed by atoms with E-state index in [0.717, 1.165) is 5.69 Å². The second-order valence-corrected chi connectivity index (χ2v) is 3.11. The molecule has 0 atom stereocenters. The van der Waals surface area contributed by atoms with Crippen LogP contribution in [0.25, 0.3) is 5.69 Å². The van der Waals surface area contributed by atoms with Crippen molar-refractivity contribution in [2.75, 3.05) is 5.73 Å². The summed E-state index contributed by atoms with van der Waals surface area (Å²) in [5, 5.41) is 0.665. The molecule has 2 N–H and O–H groups in total. The van der Waals surface area contributed by atoms with E-state index < -0.39 is 0 Å². The van der Waals surface area contributed by atoms with Gasteiger partial charge in [0, 0.05) is 17.4 Å². The molecule has 0 unspecified atom stereocenters. The lowest BCUT2D eigenvalue weighted by molar-refractivity contribution is 1.06. The standard InChI is InChI=1S/C9H8ClN3/c10-7-1-2-8(11)9(5-7)13-4-3-12-6-13/h1-6H,11H2. The van der Waals surface area contributed by atoms with Crippen LogP contribution in [0.4, 0.5) is 5.69 Å². The van der Waals surface area contributed by atoms with Gasteiger partial charge in [-0.3, -0.25) is 0 Å². The Morgan fingerprint density at radius 1 is 1.38 bits per heavy atom. The highest BCUT2D eigenvalue weighted by Gasteiger charge is 2.00. The molecule has 1 heterocycles. The highest BCUT2D eigenvalue weighted by Crippen LogP contribution is 2.21. The Morgan fingerprint density at radius 2 is 2.23 bits per heavy atom. The summed E-state index contributed by atoms with van der Waals surface area (Å²) in [5.74, 6) is 0. The number of aromatic nitrogens is 2.